The van der Waals surface area contributed by atoms with Gasteiger partial charge in [0.2, 0.25) is 29.5 Å². The minimum absolute atomic E-state index is 0.0941. The maximum atomic E-state index is 12.7. The molecule has 1 aliphatic heterocycles. The number of hydrogen-bond donors (Lipinski definition) is 3. The molecular weight excluding hydrogens is 620 g/mol. The number of rotatable bonds is 25. The van der Waals surface area contributed by atoms with Crippen LogP contribution >= 0.6 is 23.5 Å². The van der Waals surface area contributed by atoms with Gasteiger partial charge in [-0.05, 0) is 51.0 Å². The second-order valence-electron chi connectivity index (χ2n) is 11.2. The molecule has 0 aromatic rings. The van der Waals surface area contributed by atoms with E-state index in [-0.39, 0.29) is 73.8 Å². The molecule has 254 valence electrons. The number of nitrogens with one attached hydrogen (secondary N) is 3. The van der Waals surface area contributed by atoms with E-state index in [0.29, 0.717) is 37.2 Å². The zero-order chi connectivity index (χ0) is 34.6. The SMILES string of the molecule is [2H]C(=O)CCCCCSCCC(=O)[C@@H](C)NC(=O)[C@H](C)CC(=O)[C@@H](C)NC(=O)CCCSC1CC(=O)N(CCCC(=O)NC)C1=O. The summed E-state index contributed by atoms with van der Waals surface area (Å²) in [6, 6.07) is -1.48. The third kappa shape index (κ3) is 16.4. The van der Waals surface area contributed by atoms with Gasteiger partial charge in [0, 0.05) is 63.8 Å². The number of carbonyl (C=O) groups is 8. The van der Waals surface area contributed by atoms with Crippen molar-refractivity contribution < 1.29 is 39.7 Å². The third-order valence-corrected chi connectivity index (χ3v) is 9.72. The van der Waals surface area contributed by atoms with Crippen LogP contribution in [0.5, 0.6) is 0 Å². The van der Waals surface area contributed by atoms with E-state index >= 15 is 0 Å². The quantitative estimate of drug-likeness (QED) is 0.0741. The molecule has 0 aromatic heterocycles. The number of ketones is 2. The number of aldehydes is 1. The van der Waals surface area contributed by atoms with Crippen LogP contribution in [0.4, 0.5) is 0 Å². The summed E-state index contributed by atoms with van der Waals surface area (Å²) in [5, 5.41) is 7.32. The first kappa shape index (κ1) is 38.4. The molecule has 3 N–H and O–H groups in total. The van der Waals surface area contributed by atoms with Crippen molar-refractivity contribution in [3.63, 3.8) is 0 Å². The van der Waals surface area contributed by atoms with Crippen LogP contribution in [0.2, 0.25) is 0 Å². The molecule has 12 nitrogen and oxygen atoms in total. The molecule has 0 saturated carbocycles. The molecule has 4 atom stereocenters. The predicted octanol–water partition coefficient (Wildman–Crippen LogP) is 2.21. The van der Waals surface area contributed by atoms with E-state index in [9.17, 15) is 38.4 Å². The third-order valence-electron chi connectivity index (χ3n) is 7.35. The van der Waals surface area contributed by atoms with Crippen LogP contribution in [0.3, 0.4) is 0 Å². The van der Waals surface area contributed by atoms with Gasteiger partial charge in [-0.2, -0.15) is 11.8 Å². The first-order valence-corrected chi connectivity index (χ1v) is 17.9. The van der Waals surface area contributed by atoms with Crippen molar-refractivity contribution in [3.8, 4) is 0 Å². The summed E-state index contributed by atoms with van der Waals surface area (Å²) in [5.74, 6) is -0.548. The van der Waals surface area contributed by atoms with E-state index in [1.807, 2.05) is 0 Å². The summed E-state index contributed by atoms with van der Waals surface area (Å²) in [7, 11) is 1.53. The summed E-state index contributed by atoms with van der Waals surface area (Å²) < 4.78 is 6.88. The van der Waals surface area contributed by atoms with Gasteiger partial charge in [0.1, 0.15) is 7.63 Å². The zero-order valence-electron chi connectivity index (χ0n) is 27.9. The number of amides is 5. The minimum Gasteiger partial charge on any atom is -0.359 e. The van der Waals surface area contributed by atoms with E-state index in [0.717, 1.165) is 18.6 Å². The largest absolute Gasteiger partial charge is 0.359 e. The number of hydrogen-bond acceptors (Lipinski definition) is 10. The number of likely N-dealkylation sites (tertiary alicyclic amines) is 1. The van der Waals surface area contributed by atoms with Gasteiger partial charge in [-0.1, -0.05) is 13.3 Å². The monoisotopic (exact) mass is 671 g/mol. The highest BCUT2D eigenvalue weighted by Crippen LogP contribution is 2.26. The highest BCUT2D eigenvalue weighted by molar-refractivity contribution is 8.00. The molecule has 1 heterocycles. The molecule has 1 aliphatic rings. The summed E-state index contributed by atoms with van der Waals surface area (Å²) in [5.41, 5.74) is 0. The van der Waals surface area contributed by atoms with Gasteiger partial charge < -0.3 is 20.7 Å². The van der Waals surface area contributed by atoms with E-state index < -0.39 is 35.4 Å². The molecule has 1 saturated heterocycles. The van der Waals surface area contributed by atoms with Crippen LogP contribution < -0.4 is 16.0 Å². The lowest BCUT2D eigenvalue weighted by atomic mass is 9.99. The molecule has 1 unspecified atom stereocenters. The zero-order valence-corrected chi connectivity index (χ0v) is 28.6. The van der Waals surface area contributed by atoms with Crippen LogP contribution in [0.25, 0.3) is 0 Å². The average molecular weight is 672 g/mol. The number of imide groups is 1. The summed E-state index contributed by atoms with van der Waals surface area (Å²) in [4.78, 5) is 98.0. The van der Waals surface area contributed by atoms with Gasteiger partial charge >= 0.3 is 0 Å². The predicted molar refractivity (Wildman–Crippen MR) is 176 cm³/mol. The Morgan fingerprint density at radius 3 is 2.27 bits per heavy atom. The highest BCUT2D eigenvalue weighted by Gasteiger charge is 2.38. The average Bonchev–Trinajstić information content (AvgIpc) is 3.27. The van der Waals surface area contributed by atoms with Crippen molar-refractivity contribution in [2.45, 2.75) is 109 Å². The molecule has 0 bridgehead atoms. The molecular formula is C31H50N4O8S2. The van der Waals surface area contributed by atoms with Crippen molar-refractivity contribution in [1.29, 1.82) is 0 Å². The fraction of sp³-hybridized carbons (Fsp3) is 0.742. The van der Waals surface area contributed by atoms with Gasteiger partial charge in [0.25, 0.3) is 0 Å². The van der Waals surface area contributed by atoms with Gasteiger partial charge in [-0.15, -0.1) is 11.8 Å². The van der Waals surface area contributed by atoms with Crippen LogP contribution in [0.1, 0.15) is 92.8 Å². The Bertz CT molecular complexity index is 1090. The second kappa shape index (κ2) is 22.7. The topological polar surface area (TPSA) is 176 Å². The Hall–Kier alpha value is -2.74. The van der Waals surface area contributed by atoms with E-state index in [2.05, 4.69) is 16.0 Å². The second-order valence-corrected chi connectivity index (χ2v) is 13.7. The standard InChI is InChI=1S/C31H50N4O8S2/c1-21(30(42)34-22(2)24(37)13-18-44-16-8-6-5-7-15-36)19-25(38)23(3)33-28(40)12-10-17-45-26-20-29(41)35(31(26)43)14-9-11-27(39)32-4/h15,21-23,26H,5-14,16-20H2,1-4H3,(H,32,39)(H,33,40)(H,34,42)/t21-,22-,23-,26?/m1/s1/i15D. The fourth-order valence-corrected chi connectivity index (χ4v) is 6.55. The molecule has 0 aliphatic carbocycles. The summed E-state index contributed by atoms with van der Waals surface area (Å²) in [6.45, 7) is 4.97. The van der Waals surface area contributed by atoms with Gasteiger partial charge in [-0.25, -0.2) is 0 Å². The first-order valence-electron chi connectivity index (χ1n) is 16.2. The number of Topliss-reactive ketones (excluding diaryl/α,β-unsaturated/α-hetero) is 2. The smallest absolute Gasteiger partial charge is 0.242 e. The van der Waals surface area contributed by atoms with Crippen molar-refractivity contribution in [3.05, 3.63) is 0 Å². The Balaban J connectivity index is 2.26. The van der Waals surface area contributed by atoms with Crippen LogP contribution in [-0.4, -0.2) is 100 Å². The van der Waals surface area contributed by atoms with Crippen molar-refractivity contribution in [2.24, 2.45) is 5.92 Å². The van der Waals surface area contributed by atoms with Crippen LogP contribution in [0, 0.1) is 5.92 Å². The van der Waals surface area contributed by atoms with E-state index in [1.165, 1.54) is 23.7 Å². The number of nitrogens with zero attached hydrogens (tertiary/aromatic N) is 1. The number of thioether (sulfide) groups is 2. The highest BCUT2D eigenvalue weighted by atomic mass is 32.2. The molecule has 45 heavy (non-hydrogen) atoms. The van der Waals surface area contributed by atoms with Gasteiger partial charge in [0.15, 0.2) is 11.6 Å². The lowest BCUT2D eigenvalue weighted by Crippen LogP contribution is -2.43. The maximum absolute atomic E-state index is 12.7. The minimum atomic E-state index is -0.795. The van der Waals surface area contributed by atoms with Crippen molar-refractivity contribution in [2.75, 3.05) is 30.9 Å². The molecule has 0 radical (unpaired) electrons. The molecule has 0 spiro atoms. The van der Waals surface area contributed by atoms with Crippen molar-refractivity contribution >= 4 is 70.9 Å². The molecule has 1 fully saturated rings. The lowest BCUT2D eigenvalue weighted by molar-refractivity contribution is -0.138. The molecule has 1 rings (SSSR count). The van der Waals surface area contributed by atoms with Crippen molar-refractivity contribution in [1.82, 2.24) is 20.9 Å². The summed E-state index contributed by atoms with van der Waals surface area (Å²) in [6.07, 6.45) is 3.74. The lowest BCUT2D eigenvalue weighted by Gasteiger charge is -2.18. The molecule has 0 aromatic carbocycles. The first-order chi connectivity index (χ1) is 21.8. The van der Waals surface area contributed by atoms with Gasteiger partial charge in [0.05, 0.1) is 17.3 Å². The molecule has 5 amide bonds. The number of carbonyl (C=O) groups excluding carboxylic acids is 8. The normalized spacial score (nSPS) is 16.8. The Morgan fingerprint density at radius 2 is 1.58 bits per heavy atom. The van der Waals surface area contributed by atoms with Crippen LogP contribution in [0.15, 0.2) is 0 Å². The Kier molecular flexibility index (Phi) is 19.4. The van der Waals surface area contributed by atoms with Crippen LogP contribution in [-0.2, 0) is 38.4 Å². The van der Waals surface area contributed by atoms with E-state index in [4.69, 9.17) is 1.37 Å². The Morgan fingerprint density at radius 1 is 0.889 bits per heavy atom. The number of unbranched alkanes of at least 4 members (excludes halogenated alkanes) is 2. The molecule has 14 heteroatoms. The fourth-order valence-electron chi connectivity index (χ4n) is 4.47. The summed E-state index contributed by atoms with van der Waals surface area (Å²) >= 11 is 2.95. The maximum Gasteiger partial charge on any atom is 0.242 e. The Labute approximate surface area is 276 Å². The van der Waals surface area contributed by atoms with Gasteiger partial charge in [-0.3, -0.25) is 38.5 Å². The van der Waals surface area contributed by atoms with E-state index in [1.54, 1.807) is 32.5 Å².